The van der Waals surface area contributed by atoms with Gasteiger partial charge in [-0.05, 0) is 24.3 Å². The molecule has 2 heterocycles. The van der Waals surface area contributed by atoms with E-state index in [1.54, 1.807) is 6.07 Å². The van der Waals surface area contributed by atoms with Gasteiger partial charge in [-0.15, -0.1) is 11.3 Å². The number of nitrogens with zero attached hydrogens (tertiary/aromatic N) is 4. The lowest BCUT2D eigenvalue weighted by molar-refractivity contribution is 0.216. The van der Waals surface area contributed by atoms with E-state index in [0.717, 1.165) is 23.5 Å². The van der Waals surface area contributed by atoms with Crippen LogP contribution in [0.4, 0.5) is 0 Å². The second kappa shape index (κ2) is 6.54. The van der Waals surface area contributed by atoms with Crippen molar-refractivity contribution in [1.29, 1.82) is 15.8 Å². The largest absolute Gasteiger partial charge is 0.399 e. The van der Waals surface area contributed by atoms with Crippen molar-refractivity contribution in [1.82, 2.24) is 4.90 Å². The number of halogens is 1. The van der Waals surface area contributed by atoms with Crippen molar-refractivity contribution in [2.45, 2.75) is 12.8 Å². The number of nitrogens with two attached hydrogens (primary N) is 1. The van der Waals surface area contributed by atoms with Crippen LogP contribution in [0.5, 0.6) is 0 Å². The molecule has 7 heteroatoms. The first-order valence-corrected chi connectivity index (χ1v) is 9.12. The minimum absolute atomic E-state index is 0.0574. The summed E-state index contributed by atoms with van der Waals surface area (Å²) < 4.78 is 0.599. The smallest absolute Gasteiger partial charge is 0.192 e. The lowest BCUT2D eigenvalue weighted by atomic mass is 9.59. The molecule has 5 nitrogen and oxygen atoms in total. The van der Waals surface area contributed by atoms with Crippen LogP contribution in [0.1, 0.15) is 17.7 Å². The van der Waals surface area contributed by atoms with Crippen molar-refractivity contribution in [3.05, 3.63) is 44.3 Å². The van der Waals surface area contributed by atoms with Crippen molar-refractivity contribution in [3.8, 4) is 18.2 Å². The maximum atomic E-state index is 9.92. The number of fused-ring (bicyclic) bond motifs is 1. The van der Waals surface area contributed by atoms with E-state index < -0.39 is 11.3 Å². The Morgan fingerprint density at radius 1 is 1.36 bits per heavy atom. The fraction of sp³-hybridized carbons (Fsp3) is 0.389. The van der Waals surface area contributed by atoms with Crippen molar-refractivity contribution < 1.29 is 0 Å². The van der Waals surface area contributed by atoms with Crippen LogP contribution in [0.2, 0.25) is 4.34 Å². The Morgan fingerprint density at radius 3 is 2.60 bits per heavy atom. The third-order valence-electron chi connectivity index (χ3n) is 5.09. The summed E-state index contributed by atoms with van der Waals surface area (Å²) in [6, 6.07) is 10.0. The summed E-state index contributed by atoms with van der Waals surface area (Å²) in [5.41, 5.74) is 5.84. The summed E-state index contributed by atoms with van der Waals surface area (Å²) in [5, 5.41) is 29.5. The zero-order valence-electron chi connectivity index (χ0n) is 13.7. The lowest BCUT2D eigenvalue weighted by Crippen LogP contribution is -2.47. The zero-order chi connectivity index (χ0) is 18.2. The predicted molar refractivity (Wildman–Crippen MR) is 96.2 cm³/mol. The average molecular weight is 370 g/mol. The SMILES string of the molecule is CCN1CC=C2C(C#N)=C(N)C(C#N)(C#N)[C@H](c3ccc(Cl)s3)[C@@H]2C1. The van der Waals surface area contributed by atoms with E-state index in [-0.39, 0.29) is 17.2 Å². The summed E-state index contributed by atoms with van der Waals surface area (Å²) in [6.45, 7) is 4.32. The highest BCUT2D eigenvalue weighted by molar-refractivity contribution is 7.16. The molecule has 3 rings (SSSR count). The second-order valence-corrected chi connectivity index (χ2v) is 7.92. The lowest BCUT2D eigenvalue weighted by Gasteiger charge is -2.44. The molecule has 0 unspecified atom stereocenters. The van der Waals surface area contributed by atoms with Crippen molar-refractivity contribution in [2.75, 3.05) is 19.6 Å². The summed E-state index contributed by atoms with van der Waals surface area (Å²) in [5.74, 6) is -0.595. The second-order valence-electron chi connectivity index (χ2n) is 6.17. The maximum absolute atomic E-state index is 9.92. The van der Waals surface area contributed by atoms with Crippen LogP contribution in [0, 0.1) is 45.3 Å². The first-order chi connectivity index (χ1) is 12.0. The molecule has 2 aliphatic rings. The predicted octanol–water partition coefficient (Wildman–Crippen LogP) is 3.15. The molecule has 1 aliphatic carbocycles. The zero-order valence-corrected chi connectivity index (χ0v) is 15.2. The molecule has 0 fully saturated rings. The number of allylic oxidation sites excluding steroid dienone is 2. The average Bonchev–Trinajstić information content (AvgIpc) is 3.06. The Bertz CT molecular complexity index is 878. The Labute approximate surface area is 155 Å². The summed E-state index contributed by atoms with van der Waals surface area (Å²) in [4.78, 5) is 3.08. The van der Waals surface area contributed by atoms with Crippen molar-refractivity contribution >= 4 is 22.9 Å². The van der Waals surface area contributed by atoms with E-state index in [1.165, 1.54) is 11.3 Å². The fourth-order valence-electron chi connectivity index (χ4n) is 3.80. The molecule has 0 radical (unpaired) electrons. The van der Waals surface area contributed by atoms with Crippen LogP contribution in [-0.2, 0) is 0 Å². The molecule has 0 saturated heterocycles. The number of hydrogen-bond donors (Lipinski definition) is 1. The van der Waals surface area contributed by atoms with Gasteiger partial charge in [0.1, 0.15) is 6.07 Å². The van der Waals surface area contributed by atoms with Crippen LogP contribution in [0.15, 0.2) is 35.1 Å². The fourth-order valence-corrected chi connectivity index (χ4v) is 5.09. The van der Waals surface area contributed by atoms with E-state index in [0.29, 0.717) is 10.9 Å². The van der Waals surface area contributed by atoms with E-state index in [2.05, 4.69) is 30.0 Å². The van der Waals surface area contributed by atoms with Gasteiger partial charge in [0.05, 0.1) is 27.7 Å². The minimum Gasteiger partial charge on any atom is -0.399 e. The van der Waals surface area contributed by atoms with Gasteiger partial charge in [0.15, 0.2) is 5.41 Å². The first-order valence-electron chi connectivity index (χ1n) is 7.93. The first kappa shape index (κ1) is 17.5. The molecule has 0 amide bonds. The van der Waals surface area contributed by atoms with Crippen LogP contribution in [0.25, 0.3) is 0 Å². The van der Waals surface area contributed by atoms with Gasteiger partial charge in [-0.25, -0.2) is 0 Å². The number of hydrogen-bond acceptors (Lipinski definition) is 6. The molecule has 0 bridgehead atoms. The van der Waals surface area contributed by atoms with Crippen molar-refractivity contribution in [2.24, 2.45) is 17.1 Å². The quantitative estimate of drug-likeness (QED) is 0.862. The molecule has 1 aliphatic heterocycles. The number of thiophene rings is 1. The molecule has 0 spiro atoms. The van der Waals surface area contributed by atoms with Gasteiger partial charge < -0.3 is 5.73 Å². The molecule has 2 atom stereocenters. The number of nitriles is 3. The third kappa shape index (κ3) is 2.53. The van der Waals surface area contributed by atoms with E-state index in [4.69, 9.17) is 17.3 Å². The molecular formula is C18H16ClN5S. The molecule has 1 aromatic rings. The normalized spacial score (nSPS) is 25.3. The Morgan fingerprint density at radius 2 is 2.08 bits per heavy atom. The van der Waals surface area contributed by atoms with Gasteiger partial charge in [-0.3, -0.25) is 4.90 Å². The van der Waals surface area contributed by atoms with Crippen molar-refractivity contribution in [3.63, 3.8) is 0 Å². The Kier molecular flexibility index (Phi) is 4.58. The third-order valence-corrected chi connectivity index (χ3v) is 6.40. The number of rotatable bonds is 2. The van der Waals surface area contributed by atoms with Gasteiger partial charge in [0.25, 0.3) is 0 Å². The minimum atomic E-state index is -1.57. The van der Waals surface area contributed by atoms with Crippen LogP contribution >= 0.6 is 22.9 Å². The molecule has 2 N–H and O–H groups in total. The van der Waals surface area contributed by atoms with Crippen LogP contribution in [-0.4, -0.2) is 24.5 Å². The summed E-state index contributed by atoms with van der Waals surface area (Å²) in [6.07, 6.45) is 2.00. The summed E-state index contributed by atoms with van der Waals surface area (Å²) in [7, 11) is 0. The van der Waals surface area contributed by atoms with E-state index >= 15 is 0 Å². The molecule has 126 valence electrons. The van der Waals surface area contributed by atoms with E-state index in [9.17, 15) is 15.8 Å². The van der Waals surface area contributed by atoms with Gasteiger partial charge in [-0.1, -0.05) is 24.6 Å². The maximum Gasteiger partial charge on any atom is 0.192 e. The van der Waals surface area contributed by atoms with Crippen LogP contribution < -0.4 is 5.73 Å². The standard InChI is InChI=1S/C18H16ClN5S/c1-2-24-6-5-11-12(7-20)17(23)18(9-21,10-22)16(13(11)8-24)14-3-4-15(19)25-14/h3-5,13,16H,2,6,8,23H2,1H3/t13-,16+/m1/s1. The Balaban J connectivity index is 2.30. The van der Waals surface area contributed by atoms with E-state index in [1.807, 2.05) is 12.1 Å². The van der Waals surface area contributed by atoms with Gasteiger partial charge in [-0.2, -0.15) is 15.8 Å². The monoisotopic (exact) mass is 369 g/mol. The molecular weight excluding hydrogens is 354 g/mol. The summed E-state index contributed by atoms with van der Waals surface area (Å²) >= 11 is 7.47. The number of likely N-dealkylation sites (N-methyl/N-ethyl adjacent to an activating group) is 1. The topological polar surface area (TPSA) is 101 Å². The van der Waals surface area contributed by atoms with Gasteiger partial charge in [0.2, 0.25) is 0 Å². The highest BCUT2D eigenvalue weighted by atomic mass is 35.5. The van der Waals surface area contributed by atoms with Gasteiger partial charge >= 0.3 is 0 Å². The van der Waals surface area contributed by atoms with Crippen LogP contribution in [0.3, 0.4) is 0 Å². The molecule has 0 aromatic carbocycles. The molecule has 0 saturated carbocycles. The highest BCUT2D eigenvalue weighted by Crippen LogP contribution is 2.55. The molecule has 25 heavy (non-hydrogen) atoms. The van der Waals surface area contributed by atoms with Gasteiger partial charge in [0, 0.05) is 29.8 Å². The molecule has 1 aromatic heterocycles. The highest BCUT2D eigenvalue weighted by Gasteiger charge is 2.54. The Hall–Kier alpha value is -2.30.